The first-order valence-corrected chi connectivity index (χ1v) is 12.1. The highest BCUT2D eigenvalue weighted by atomic mass is 32.2. The van der Waals surface area contributed by atoms with Crippen LogP contribution in [-0.4, -0.2) is 61.1 Å². The van der Waals surface area contributed by atoms with Crippen LogP contribution in [0.4, 0.5) is 11.5 Å². The number of rotatable bonds is 7. The second-order valence-corrected chi connectivity index (χ2v) is 9.99. The third-order valence-electron chi connectivity index (χ3n) is 5.47. The molecule has 2 aromatic rings. The number of aryl methyl sites for hydroxylation is 1. The van der Waals surface area contributed by atoms with Gasteiger partial charge < -0.3 is 10.6 Å². The molecular weight excluding hydrogens is 402 g/mol. The number of benzene rings is 1. The van der Waals surface area contributed by atoms with Gasteiger partial charge in [-0.3, -0.25) is 9.69 Å². The quantitative estimate of drug-likeness (QED) is 0.692. The van der Waals surface area contributed by atoms with Crippen LogP contribution in [0.5, 0.6) is 0 Å². The van der Waals surface area contributed by atoms with Gasteiger partial charge in [0.25, 0.3) is 5.91 Å². The molecule has 1 aliphatic heterocycles. The first-order chi connectivity index (χ1) is 14.3. The summed E-state index contributed by atoms with van der Waals surface area (Å²) in [5.74, 6) is 0.353. The normalized spacial score (nSPS) is 15.7. The summed E-state index contributed by atoms with van der Waals surface area (Å²) < 4.78 is 23.4. The van der Waals surface area contributed by atoms with E-state index in [-0.39, 0.29) is 11.2 Å². The molecule has 2 N–H and O–H groups in total. The Hall–Kier alpha value is -2.52. The lowest BCUT2D eigenvalue weighted by atomic mass is 10.1. The van der Waals surface area contributed by atoms with Crippen molar-refractivity contribution in [3.63, 3.8) is 0 Å². The van der Waals surface area contributed by atoms with E-state index in [9.17, 15) is 13.2 Å². The van der Waals surface area contributed by atoms with Crippen molar-refractivity contribution in [1.29, 1.82) is 0 Å². The first kappa shape index (κ1) is 22.2. The van der Waals surface area contributed by atoms with Crippen molar-refractivity contribution < 1.29 is 13.2 Å². The van der Waals surface area contributed by atoms with E-state index in [1.165, 1.54) is 11.8 Å². The summed E-state index contributed by atoms with van der Waals surface area (Å²) >= 11 is 0. The smallest absolute Gasteiger partial charge is 0.271 e. The van der Waals surface area contributed by atoms with Gasteiger partial charge >= 0.3 is 0 Å². The van der Waals surface area contributed by atoms with Crippen LogP contribution in [0.25, 0.3) is 0 Å². The summed E-state index contributed by atoms with van der Waals surface area (Å²) in [7, 11) is -1.37. The van der Waals surface area contributed by atoms with E-state index in [1.807, 2.05) is 25.1 Å². The molecule has 1 aromatic heterocycles. The first-order valence-electron chi connectivity index (χ1n) is 10.2. The zero-order chi connectivity index (χ0) is 21.7. The van der Waals surface area contributed by atoms with Crippen LogP contribution >= 0.6 is 0 Å². The molecule has 1 aromatic carbocycles. The van der Waals surface area contributed by atoms with Crippen LogP contribution in [-0.2, 0) is 22.8 Å². The van der Waals surface area contributed by atoms with E-state index in [4.69, 9.17) is 0 Å². The molecule has 1 fully saturated rings. The molecule has 0 saturated carbocycles. The highest BCUT2D eigenvalue weighted by Gasteiger charge is 2.26. The van der Waals surface area contributed by atoms with Gasteiger partial charge in [0, 0.05) is 25.5 Å². The molecule has 8 nitrogen and oxygen atoms in total. The average molecular weight is 432 g/mol. The number of amides is 1. The molecule has 162 valence electrons. The number of hydrogen-bond acceptors (Lipinski definition) is 7. The van der Waals surface area contributed by atoms with E-state index < -0.39 is 9.84 Å². The summed E-state index contributed by atoms with van der Waals surface area (Å²) in [5, 5.41) is 13.8. The minimum absolute atomic E-state index is 0.204. The topological polar surface area (TPSA) is 104 Å². The van der Waals surface area contributed by atoms with E-state index in [0.29, 0.717) is 30.8 Å². The third kappa shape index (κ3) is 5.54. The fourth-order valence-corrected chi connectivity index (χ4v) is 4.73. The van der Waals surface area contributed by atoms with Gasteiger partial charge in [0.1, 0.15) is 9.84 Å². The number of aromatic nitrogens is 2. The van der Waals surface area contributed by atoms with E-state index >= 15 is 0 Å². The van der Waals surface area contributed by atoms with Gasteiger partial charge in [-0.25, -0.2) is 8.42 Å². The molecule has 0 atom stereocenters. The minimum atomic E-state index is -2.94. The van der Waals surface area contributed by atoms with Crippen molar-refractivity contribution in [1.82, 2.24) is 20.4 Å². The van der Waals surface area contributed by atoms with Gasteiger partial charge in [-0.05, 0) is 61.7 Å². The largest absolute Gasteiger partial charge is 0.354 e. The van der Waals surface area contributed by atoms with Crippen molar-refractivity contribution in [2.45, 2.75) is 38.0 Å². The van der Waals surface area contributed by atoms with E-state index in [1.54, 1.807) is 7.05 Å². The predicted octanol–water partition coefficient (Wildman–Crippen LogP) is 2.15. The number of nitrogens with one attached hydrogen (secondary N) is 2. The zero-order valence-electron chi connectivity index (χ0n) is 17.7. The number of carbonyl (C=O) groups is 1. The van der Waals surface area contributed by atoms with E-state index in [2.05, 4.69) is 37.9 Å². The second-order valence-electron chi connectivity index (χ2n) is 7.66. The van der Waals surface area contributed by atoms with Crippen molar-refractivity contribution in [2.24, 2.45) is 0 Å². The van der Waals surface area contributed by atoms with Crippen LogP contribution in [0.2, 0.25) is 0 Å². The molecule has 0 radical (unpaired) electrons. The molecule has 0 aliphatic carbocycles. The van der Waals surface area contributed by atoms with Gasteiger partial charge in [0.15, 0.2) is 11.5 Å². The summed E-state index contributed by atoms with van der Waals surface area (Å²) in [6.45, 7) is 4.37. The maximum Gasteiger partial charge on any atom is 0.271 e. The summed E-state index contributed by atoms with van der Waals surface area (Å²) in [6.07, 6.45) is 3.41. The molecular formula is C21H29N5O3S. The molecule has 1 saturated heterocycles. The highest BCUT2D eigenvalue weighted by Crippen LogP contribution is 2.21. The van der Waals surface area contributed by atoms with Crippen LogP contribution in [0, 0.1) is 0 Å². The number of likely N-dealkylation sites (tertiary alicyclic amines) is 1. The Bertz CT molecular complexity index is 984. The van der Waals surface area contributed by atoms with Gasteiger partial charge in [-0.2, -0.15) is 0 Å². The number of carbonyl (C=O) groups excluding carboxylic acids is 1. The molecule has 2 heterocycles. The Morgan fingerprint density at radius 2 is 1.83 bits per heavy atom. The third-order valence-corrected chi connectivity index (χ3v) is 7.15. The summed E-state index contributed by atoms with van der Waals surface area (Å²) in [5.41, 5.74) is 3.24. The van der Waals surface area contributed by atoms with Gasteiger partial charge in [-0.1, -0.05) is 19.1 Å². The lowest BCUT2D eigenvalue weighted by Crippen LogP contribution is -2.38. The predicted molar refractivity (Wildman–Crippen MR) is 118 cm³/mol. The lowest BCUT2D eigenvalue weighted by Gasteiger charge is -2.31. The van der Waals surface area contributed by atoms with Gasteiger partial charge in [0.2, 0.25) is 0 Å². The van der Waals surface area contributed by atoms with Gasteiger partial charge in [-0.15, -0.1) is 10.2 Å². The number of hydrogen-bond donors (Lipinski definition) is 2. The highest BCUT2D eigenvalue weighted by molar-refractivity contribution is 7.91. The van der Waals surface area contributed by atoms with Crippen LogP contribution in [0.1, 0.15) is 41.4 Å². The molecule has 0 unspecified atom stereocenters. The Morgan fingerprint density at radius 3 is 2.40 bits per heavy atom. The number of piperidine rings is 1. The Morgan fingerprint density at radius 1 is 1.17 bits per heavy atom. The molecule has 9 heteroatoms. The monoisotopic (exact) mass is 431 g/mol. The SMILES string of the molecule is CCc1cc(Nc2ccc(CN3CCC(S(C)(=O)=O)CC3)cc2)nnc1C(=O)NC. The van der Waals surface area contributed by atoms with Crippen LogP contribution in [0.15, 0.2) is 30.3 Å². The molecule has 3 rings (SSSR count). The maximum absolute atomic E-state index is 11.9. The van der Waals surface area contributed by atoms with Crippen LogP contribution < -0.4 is 10.6 Å². The Balaban J connectivity index is 1.59. The fourth-order valence-electron chi connectivity index (χ4n) is 3.67. The van der Waals surface area contributed by atoms with Crippen molar-refractivity contribution in [3.8, 4) is 0 Å². The Labute approximate surface area is 178 Å². The standard InChI is InChI=1S/C21H29N5O3S/c1-4-16-13-19(24-25-20(16)21(27)22-2)23-17-7-5-15(6-8-17)14-26-11-9-18(10-12-26)30(3,28)29/h5-8,13,18H,4,9-12,14H2,1-3H3,(H,22,27)(H,23,24). The number of anilines is 2. The Kier molecular flexibility index (Phi) is 7.04. The van der Waals surface area contributed by atoms with E-state index in [0.717, 1.165) is 30.9 Å². The average Bonchev–Trinajstić information content (AvgIpc) is 2.74. The maximum atomic E-state index is 11.9. The number of nitrogens with zero attached hydrogens (tertiary/aromatic N) is 3. The van der Waals surface area contributed by atoms with Crippen molar-refractivity contribution >= 4 is 27.2 Å². The molecule has 1 amide bonds. The minimum Gasteiger partial charge on any atom is -0.354 e. The fraction of sp³-hybridized carbons (Fsp3) is 0.476. The zero-order valence-corrected chi connectivity index (χ0v) is 18.5. The van der Waals surface area contributed by atoms with Crippen molar-refractivity contribution in [2.75, 3.05) is 31.7 Å². The molecule has 1 aliphatic rings. The van der Waals surface area contributed by atoms with Crippen LogP contribution in [0.3, 0.4) is 0 Å². The number of sulfone groups is 1. The summed E-state index contributed by atoms with van der Waals surface area (Å²) in [4.78, 5) is 14.2. The van der Waals surface area contributed by atoms with Crippen molar-refractivity contribution in [3.05, 3.63) is 47.2 Å². The van der Waals surface area contributed by atoms with Gasteiger partial charge in [0.05, 0.1) is 5.25 Å². The lowest BCUT2D eigenvalue weighted by molar-refractivity contribution is 0.0956. The summed E-state index contributed by atoms with van der Waals surface area (Å²) in [6, 6.07) is 9.92. The molecule has 0 spiro atoms. The molecule has 30 heavy (non-hydrogen) atoms. The second kappa shape index (κ2) is 9.53. The molecule has 0 bridgehead atoms.